The van der Waals surface area contributed by atoms with Crippen LogP contribution in [0.2, 0.25) is 0 Å². The number of hydrogen-bond acceptors (Lipinski definition) is 4. The van der Waals surface area contributed by atoms with E-state index in [1.54, 1.807) is 11.3 Å². The first-order valence-electron chi connectivity index (χ1n) is 8.43. The van der Waals surface area contributed by atoms with Crippen LogP contribution in [0.4, 0.5) is 4.79 Å². The highest BCUT2D eigenvalue weighted by Gasteiger charge is 2.17. The van der Waals surface area contributed by atoms with Crippen LogP contribution >= 0.6 is 11.3 Å². The van der Waals surface area contributed by atoms with E-state index in [0.717, 1.165) is 16.9 Å². The molecule has 0 unspecified atom stereocenters. The third kappa shape index (κ3) is 5.41. The van der Waals surface area contributed by atoms with E-state index in [1.165, 1.54) is 12.6 Å². The van der Waals surface area contributed by atoms with Crippen molar-refractivity contribution in [3.63, 3.8) is 0 Å². The van der Waals surface area contributed by atoms with Gasteiger partial charge in [0.2, 0.25) is 5.91 Å². The summed E-state index contributed by atoms with van der Waals surface area (Å²) in [6.45, 7) is 4.45. The van der Waals surface area contributed by atoms with Crippen LogP contribution < -0.4 is 16.0 Å². The molecular weight excluding hydrogens is 334 g/mol. The monoisotopic (exact) mass is 359 g/mol. The summed E-state index contributed by atoms with van der Waals surface area (Å²) in [6, 6.07) is 12.0. The van der Waals surface area contributed by atoms with Gasteiger partial charge in [0.15, 0.2) is 0 Å². The van der Waals surface area contributed by atoms with E-state index in [0.29, 0.717) is 5.92 Å². The molecule has 1 heterocycles. The highest BCUT2D eigenvalue weighted by atomic mass is 32.1. The molecule has 0 aliphatic carbocycles. The molecule has 0 bridgehead atoms. The third-order valence-corrected chi connectivity index (χ3v) is 5.16. The van der Waals surface area contributed by atoms with E-state index >= 15 is 0 Å². The number of urea groups is 1. The molecule has 0 aliphatic heterocycles. The molecule has 3 N–H and O–H groups in total. The van der Waals surface area contributed by atoms with Crippen LogP contribution in [0.3, 0.4) is 0 Å². The zero-order valence-corrected chi connectivity index (χ0v) is 15.7. The maximum Gasteiger partial charge on any atom is 0.321 e. The van der Waals surface area contributed by atoms with Crippen molar-refractivity contribution in [2.24, 2.45) is 0 Å². The smallest absolute Gasteiger partial charge is 0.321 e. The molecule has 25 heavy (non-hydrogen) atoms. The Hall–Kier alpha value is -2.18. The average molecular weight is 359 g/mol. The number of thiophene rings is 1. The molecule has 0 fully saturated rings. The van der Waals surface area contributed by atoms with E-state index in [-0.39, 0.29) is 18.5 Å². The summed E-state index contributed by atoms with van der Waals surface area (Å²) in [6.07, 6.45) is 1.10. The Morgan fingerprint density at radius 3 is 2.36 bits per heavy atom. The van der Waals surface area contributed by atoms with Crippen LogP contribution in [0, 0.1) is 0 Å². The normalized spacial score (nSPS) is 13.1. The number of benzene rings is 1. The quantitative estimate of drug-likeness (QED) is 0.710. The maximum atomic E-state index is 11.9. The van der Waals surface area contributed by atoms with Gasteiger partial charge in [-0.3, -0.25) is 15.4 Å². The van der Waals surface area contributed by atoms with Crippen molar-refractivity contribution < 1.29 is 9.59 Å². The van der Waals surface area contributed by atoms with Crippen LogP contribution in [-0.2, 0) is 4.79 Å². The first-order chi connectivity index (χ1) is 12.0. The Balaban J connectivity index is 2.11. The van der Waals surface area contributed by atoms with E-state index in [2.05, 4.69) is 54.1 Å². The Labute approximate surface area is 152 Å². The summed E-state index contributed by atoms with van der Waals surface area (Å²) in [5.74, 6) is 0.165. The zero-order valence-electron chi connectivity index (χ0n) is 14.8. The lowest BCUT2D eigenvalue weighted by atomic mass is 9.95. The average Bonchev–Trinajstić information content (AvgIpc) is 3.16. The Morgan fingerprint density at radius 2 is 1.80 bits per heavy atom. The van der Waals surface area contributed by atoms with E-state index in [4.69, 9.17) is 0 Å². The standard InChI is InChI=1S/C19H25N3O2S/c1-4-13(2)14-7-9-15(10-8-14)18(16-6-5-11-25-16)21-12-17(23)22-19(24)20-3/h5-11,13,18,21H,4,12H2,1-3H3,(H2,20,22,23,24)/t13-,18+/m1/s1. The van der Waals surface area contributed by atoms with Crippen LogP contribution in [0.15, 0.2) is 41.8 Å². The Kier molecular flexibility index (Phi) is 7.16. The fraction of sp³-hybridized carbons (Fsp3) is 0.368. The third-order valence-electron chi connectivity index (χ3n) is 4.23. The molecule has 5 nitrogen and oxygen atoms in total. The van der Waals surface area contributed by atoms with E-state index in [1.807, 2.05) is 17.5 Å². The highest BCUT2D eigenvalue weighted by molar-refractivity contribution is 7.10. The minimum absolute atomic E-state index is 0.0586. The molecule has 134 valence electrons. The topological polar surface area (TPSA) is 70.2 Å². The molecule has 0 saturated heterocycles. The number of carbonyl (C=O) groups excluding carboxylic acids is 2. The molecule has 2 atom stereocenters. The summed E-state index contributed by atoms with van der Waals surface area (Å²) in [5, 5.41) is 9.90. The van der Waals surface area contributed by atoms with Crippen molar-refractivity contribution in [2.75, 3.05) is 13.6 Å². The second-order valence-corrected chi connectivity index (χ2v) is 6.91. The predicted octanol–water partition coefficient (Wildman–Crippen LogP) is 3.40. The van der Waals surface area contributed by atoms with Crippen LogP contribution in [0.25, 0.3) is 0 Å². The number of hydrogen-bond donors (Lipinski definition) is 3. The summed E-state index contributed by atoms with van der Waals surface area (Å²) >= 11 is 1.64. The minimum atomic E-state index is -0.502. The molecule has 2 aromatic rings. The molecule has 0 saturated carbocycles. The van der Waals surface area contributed by atoms with Gasteiger partial charge in [-0.15, -0.1) is 11.3 Å². The molecule has 1 aromatic heterocycles. The zero-order chi connectivity index (χ0) is 18.2. The summed E-state index contributed by atoms with van der Waals surface area (Å²) in [7, 11) is 1.48. The van der Waals surface area contributed by atoms with Gasteiger partial charge in [0.25, 0.3) is 0 Å². The van der Waals surface area contributed by atoms with Crippen molar-refractivity contribution in [3.05, 3.63) is 57.8 Å². The highest BCUT2D eigenvalue weighted by Crippen LogP contribution is 2.27. The lowest BCUT2D eigenvalue weighted by Crippen LogP contribution is -2.42. The molecule has 6 heteroatoms. The van der Waals surface area contributed by atoms with E-state index < -0.39 is 6.03 Å². The van der Waals surface area contributed by atoms with Gasteiger partial charge in [0, 0.05) is 11.9 Å². The van der Waals surface area contributed by atoms with Gasteiger partial charge in [0.1, 0.15) is 0 Å². The molecule has 0 spiro atoms. The number of amides is 3. The van der Waals surface area contributed by atoms with Crippen molar-refractivity contribution in [1.29, 1.82) is 0 Å². The summed E-state index contributed by atoms with van der Waals surface area (Å²) < 4.78 is 0. The predicted molar refractivity (Wildman–Crippen MR) is 102 cm³/mol. The molecule has 2 rings (SSSR count). The second-order valence-electron chi connectivity index (χ2n) is 5.93. The summed E-state index contributed by atoms with van der Waals surface area (Å²) in [5.41, 5.74) is 2.41. The van der Waals surface area contributed by atoms with Gasteiger partial charge in [-0.2, -0.15) is 0 Å². The Morgan fingerprint density at radius 1 is 1.12 bits per heavy atom. The van der Waals surface area contributed by atoms with Gasteiger partial charge < -0.3 is 5.32 Å². The van der Waals surface area contributed by atoms with Gasteiger partial charge in [-0.05, 0) is 34.9 Å². The van der Waals surface area contributed by atoms with Crippen molar-refractivity contribution >= 4 is 23.3 Å². The van der Waals surface area contributed by atoms with Crippen LogP contribution in [0.5, 0.6) is 0 Å². The largest absolute Gasteiger partial charge is 0.341 e. The maximum absolute atomic E-state index is 11.9. The molecule has 0 aliphatic rings. The summed E-state index contributed by atoms with van der Waals surface area (Å²) in [4.78, 5) is 24.2. The van der Waals surface area contributed by atoms with Gasteiger partial charge in [0.05, 0.1) is 12.6 Å². The second kappa shape index (κ2) is 9.34. The van der Waals surface area contributed by atoms with Crippen LogP contribution in [-0.4, -0.2) is 25.5 Å². The van der Waals surface area contributed by atoms with Crippen molar-refractivity contribution in [3.8, 4) is 0 Å². The lowest BCUT2D eigenvalue weighted by Gasteiger charge is -2.19. The van der Waals surface area contributed by atoms with Crippen molar-refractivity contribution in [1.82, 2.24) is 16.0 Å². The fourth-order valence-electron chi connectivity index (χ4n) is 2.52. The molecule has 0 radical (unpaired) electrons. The lowest BCUT2D eigenvalue weighted by molar-refractivity contribution is -0.119. The van der Waals surface area contributed by atoms with Gasteiger partial charge >= 0.3 is 6.03 Å². The molecule has 3 amide bonds. The van der Waals surface area contributed by atoms with Crippen LogP contribution in [0.1, 0.15) is 48.2 Å². The number of nitrogens with one attached hydrogen (secondary N) is 3. The fourth-order valence-corrected chi connectivity index (χ4v) is 3.35. The first kappa shape index (κ1) is 19.1. The minimum Gasteiger partial charge on any atom is -0.341 e. The van der Waals surface area contributed by atoms with Gasteiger partial charge in [-0.1, -0.05) is 44.2 Å². The number of rotatable bonds is 7. The molecule has 1 aromatic carbocycles. The van der Waals surface area contributed by atoms with E-state index in [9.17, 15) is 9.59 Å². The number of carbonyl (C=O) groups is 2. The molecular formula is C19H25N3O2S. The number of imide groups is 1. The van der Waals surface area contributed by atoms with Crippen molar-refractivity contribution in [2.45, 2.75) is 32.2 Å². The Bertz CT molecular complexity index is 683. The van der Waals surface area contributed by atoms with Gasteiger partial charge in [-0.25, -0.2) is 4.79 Å². The first-order valence-corrected chi connectivity index (χ1v) is 9.31. The SMILES string of the molecule is CC[C@@H](C)c1ccc([C@H](NCC(=O)NC(=O)NC)c2cccs2)cc1.